The predicted octanol–water partition coefficient (Wildman–Crippen LogP) is 4.11. The molecule has 2 aromatic rings. The monoisotopic (exact) mass is 366 g/mol. The van der Waals surface area contributed by atoms with Gasteiger partial charge in [-0.15, -0.1) is 0 Å². The van der Waals surface area contributed by atoms with Crippen LogP contribution in [0.4, 0.5) is 5.69 Å². The molecule has 1 fully saturated rings. The van der Waals surface area contributed by atoms with Gasteiger partial charge in [0.15, 0.2) is 0 Å². The summed E-state index contributed by atoms with van der Waals surface area (Å²) in [7, 11) is 0. The fourth-order valence-electron chi connectivity index (χ4n) is 3.52. The molecule has 1 aliphatic rings. The van der Waals surface area contributed by atoms with Crippen LogP contribution in [0.25, 0.3) is 0 Å². The van der Waals surface area contributed by atoms with E-state index < -0.39 is 0 Å². The van der Waals surface area contributed by atoms with E-state index in [1.807, 2.05) is 41.3 Å². The zero-order valence-corrected chi connectivity index (χ0v) is 16.2. The molecule has 4 heteroatoms. The number of anilines is 1. The van der Waals surface area contributed by atoms with Gasteiger partial charge in [0.25, 0.3) is 0 Å². The highest BCUT2D eigenvalue weighted by Crippen LogP contribution is 2.19. The summed E-state index contributed by atoms with van der Waals surface area (Å²) in [6, 6.07) is 20.5. The Morgan fingerprint density at radius 3 is 2.52 bits per heavy atom. The van der Waals surface area contributed by atoms with Crippen molar-refractivity contribution in [2.45, 2.75) is 38.8 Å². The minimum absolute atomic E-state index is 0.0391. The lowest BCUT2D eigenvalue weighted by molar-refractivity contribution is -0.123. The average Bonchev–Trinajstić information content (AvgIpc) is 2.70. The Kier molecular flexibility index (Phi) is 7.43. The summed E-state index contributed by atoms with van der Waals surface area (Å²) < 4.78 is 5.92. The van der Waals surface area contributed by atoms with Gasteiger partial charge >= 0.3 is 0 Å². The number of carbonyl (C=O) groups is 1. The van der Waals surface area contributed by atoms with Gasteiger partial charge in [0.2, 0.25) is 5.91 Å². The number of rotatable bonds is 8. The van der Waals surface area contributed by atoms with Crippen LogP contribution in [0.2, 0.25) is 0 Å². The molecule has 0 bridgehead atoms. The molecule has 0 spiro atoms. The lowest BCUT2D eigenvalue weighted by Gasteiger charge is -2.34. The quantitative estimate of drug-likeness (QED) is 0.705. The van der Waals surface area contributed by atoms with Crippen LogP contribution in [0, 0.1) is 0 Å². The number of unbranched alkanes of at least 4 members (excludes halogenated alkanes) is 1. The summed E-state index contributed by atoms with van der Waals surface area (Å²) >= 11 is 0. The molecular weight excluding hydrogens is 336 g/mol. The Bertz CT molecular complexity index is 690. The van der Waals surface area contributed by atoms with Crippen LogP contribution in [-0.4, -0.2) is 43.2 Å². The van der Waals surface area contributed by atoms with E-state index in [0.717, 1.165) is 44.7 Å². The van der Waals surface area contributed by atoms with Gasteiger partial charge in [-0.25, -0.2) is 0 Å². The molecule has 0 aliphatic carbocycles. The summed E-state index contributed by atoms with van der Waals surface area (Å²) in [5.74, 6) is 0.154. The van der Waals surface area contributed by atoms with Gasteiger partial charge < -0.3 is 9.64 Å². The van der Waals surface area contributed by atoms with E-state index >= 15 is 0 Å². The molecule has 3 rings (SSSR count). The standard InChI is InChI=1S/C23H30N2O2/c1-2-3-14-25(21-12-8-5-9-13-21)23(26)17-22-19-24(15-16-27-22)18-20-10-6-4-7-11-20/h4-13,22H,2-3,14-19H2,1H3. The number of morpholine rings is 1. The highest BCUT2D eigenvalue weighted by molar-refractivity contribution is 5.93. The first-order valence-corrected chi connectivity index (χ1v) is 9.99. The molecule has 144 valence electrons. The Balaban J connectivity index is 1.59. The number of para-hydroxylation sites is 1. The largest absolute Gasteiger partial charge is 0.375 e. The average molecular weight is 367 g/mol. The topological polar surface area (TPSA) is 32.8 Å². The summed E-state index contributed by atoms with van der Waals surface area (Å²) in [5.41, 5.74) is 2.28. The van der Waals surface area contributed by atoms with Crippen LogP contribution >= 0.6 is 0 Å². The molecule has 1 heterocycles. The summed E-state index contributed by atoms with van der Waals surface area (Å²) in [6.07, 6.45) is 2.47. The first-order valence-electron chi connectivity index (χ1n) is 9.99. The maximum atomic E-state index is 13.0. The maximum absolute atomic E-state index is 13.0. The third-order valence-electron chi connectivity index (χ3n) is 4.98. The SMILES string of the molecule is CCCCN(C(=O)CC1CN(Cc2ccccc2)CCO1)c1ccccc1. The van der Waals surface area contributed by atoms with Gasteiger partial charge in [0.05, 0.1) is 19.1 Å². The number of ether oxygens (including phenoxy) is 1. The van der Waals surface area contributed by atoms with Gasteiger partial charge in [-0.05, 0) is 24.1 Å². The molecule has 27 heavy (non-hydrogen) atoms. The van der Waals surface area contributed by atoms with Crippen molar-refractivity contribution in [3.05, 3.63) is 66.2 Å². The van der Waals surface area contributed by atoms with E-state index in [2.05, 4.69) is 36.1 Å². The van der Waals surface area contributed by atoms with Crippen molar-refractivity contribution < 1.29 is 9.53 Å². The van der Waals surface area contributed by atoms with E-state index in [0.29, 0.717) is 13.0 Å². The minimum Gasteiger partial charge on any atom is -0.375 e. The molecular formula is C23H30N2O2. The van der Waals surface area contributed by atoms with Gasteiger partial charge in [-0.1, -0.05) is 61.9 Å². The molecule has 2 aromatic carbocycles. The second-order valence-electron chi connectivity index (χ2n) is 7.15. The van der Waals surface area contributed by atoms with Crippen molar-refractivity contribution in [3.63, 3.8) is 0 Å². The van der Waals surface area contributed by atoms with Gasteiger partial charge in [0, 0.05) is 31.9 Å². The lowest BCUT2D eigenvalue weighted by atomic mass is 10.1. The first kappa shape index (κ1) is 19.6. The molecule has 0 aromatic heterocycles. The molecule has 0 radical (unpaired) electrons. The number of hydrogen-bond donors (Lipinski definition) is 0. The fourth-order valence-corrected chi connectivity index (χ4v) is 3.52. The number of amides is 1. The van der Waals surface area contributed by atoms with E-state index in [4.69, 9.17) is 4.74 Å². The zero-order valence-electron chi connectivity index (χ0n) is 16.2. The number of benzene rings is 2. The van der Waals surface area contributed by atoms with Crippen LogP contribution in [0.5, 0.6) is 0 Å². The Labute approximate surface area is 162 Å². The highest BCUT2D eigenvalue weighted by Gasteiger charge is 2.25. The molecule has 1 aliphatic heterocycles. The molecule has 0 saturated carbocycles. The van der Waals surface area contributed by atoms with Crippen molar-refractivity contribution in [1.29, 1.82) is 0 Å². The fraction of sp³-hybridized carbons (Fsp3) is 0.435. The first-order chi connectivity index (χ1) is 13.3. The number of nitrogens with zero attached hydrogens (tertiary/aromatic N) is 2. The summed E-state index contributed by atoms with van der Waals surface area (Å²) in [5, 5.41) is 0. The van der Waals surface area contributed by atoms with Crippen LogP contribution in [0.15, 0.2) is 60.7 Å². The van der Waals surface area contributed by atoms with Crippen LogP contribution in [0.1, 0.15) is 31.7 Å². The Morgan fingerprint density at radius 2 is 1.81 bits per heavy atom. The van der Waals surface area contributed by atoms with E-state index in [1.54, 1.807) is 0 Å². The van der Waals surface area contributed by atoms with Crippen molar-refractivity contribution in [2.75, 3.05) is 31.1 Å². The van der Waals surface area contributed by atoms with Crippen LogP contribution in [0.3, 0.4) is 0 Å². The number of carbonyl (C=O) groups excluding carboxylic acids is 1. The van der Waals surface area contributed by atoms with Gasteiger partial charge in [-0.3, -0.25) is 9.69 Å². The second kappa shape index (κ2) is 10.2. The lowest BCUT2D eigenvalue weighted by Crippen LogP contribution is -2.45. The molecule has 0 N–H and O–H groups in total. The Hall–Kier alpha value is -2.17. The molecule has 4 nitrogen and oxygen atoms in total. The molecule has 1 amide bonds. The van der Waals surface area contributed by atoms with Crippen molar-refractivity contribution >= 4 is 11.6 Å². The molecule has 1 unspecified atom stereocenters. The normalized spacial score (nSPS) is 17.6. The second-order valence-corrected chi connectivity index (χ2v) is 7.15. The number of hydrogen-bond acceptors (Lipinski definition) is 3. The summed E-state index contributed by atoms with van der Waals surface area (Å²) in [6.45, 7) is 6.23. The summed E-state index contributed by atoms with van der Waals surface area (Å²) in [4.78, 5) is 17.3. The van der Waals surface area contributed by atoms with Crippen molar-refractivity contribution in [1.82, 2.24) is 4.90 Å². The van der Waals surface area contributed by atoms with E-state index in [-0.39, 0.29) is 12.0 Å². The van der Waals surface area contributed by atoms with Crippen LogP contribution in [-0.2, 0) is 16.1 Å². The van der Waals surface area contributed by atoms with Crippen molar-refractivity contribution in [3.8, 4) is 0 Å². The third-order valence-corrected chi connectivity index (χ3v) is 4.98. The molecule has 1 atom stereocenters. The zero-order chi connectivity index (χ0) is 18.9. The van der Waals surface area contributed by atoms with E-state index in [9.17, 15) is 4.79 Å². The smallest absolute Gasteiger partial charge is 0.229 e. The minimum atomic E-state index is -0.0391. The Morgan fingerprint density at radius 1 is 1.11 bits per heavy atom. The van der Waals surface area contributed by atoms with E-state index in [1.165, 1.54) is 5.56 Å². The maximum Gasteiger partial charge on any atom is 0.229 e. The molecule has 1 saturated heterocycles. The third kappa shape index (κ3) is 5.91. The van der Waals surface area contributed by atoms with Gasteiger partial charge in [-0.2, -0.15) is 0 Å². The highest BCUT2D eigenvalue weighted by atomic mass is 16.5. The van der Waals surface area contributed by atoms with Gasteiger partial charge in [0.1, 0.15) is 0 Å². The van der Waals surface area contributed by atoms with Crippen molar-refractivity contribution in [2.24, 2.45) is 0 Å². The van der Waals surface area contributed by atoms with Crippen LogP contribution < -0.4 is 4.90 Å². The predicted molar refractivity (Wildman–Crippen MR) is 110 cm³/mol.